The first-order valence-corrected chi connectivity index (χ1v) is 9.07. The monoisotopic (exact) mass is 415 g/mol. The van der Waals surface area contributed by atoms with Crippen LogP contribution in [0.5, 0.6) is 0 Å². The third-order valence-corrected chi connectivity index (χ3v) is 4.59. The van der Waals surface area contributed by atoms with Crippen molar-refractivity contribution in [3.05, 3.63) is 64.5 Å². The molecule has 0 unspecified atom stereocenters. The van der Waals surface area contributed by atoms with Crippen molar-refractivity contribution in [1.29, 1.82) is 0 Å². The number of anilines is 2. The minimum absolute atomic E-state index is 0.0577. The van der Waals surface area contributed by atoms with Crippen LogP contribution < -0.4 is 10.2 Å². The highest BCUT2D eigenvalue weighted by Crippen LogP contribution is 2.28. The number of nitrogens with one attached hydrogen (secondary N) is 1. The normalized spacial score (nSPS) is 16.8. The predicted octanol–water partition coefficient (Wildman–Crippen LogP) is 2.66. The Morgan fingerprint density at radius 2 is 2.00 bits per heavy atom. The topological polar surface area (TPSA) is 119 Å². The summed E-state index contributed by atoms with van der Waals surface area (Å²) in [5, 5.41) is 13.2. The lowest BCUT2D eigenvalue weighted by Gasteiger charge is -2.18. The summed E-state index contributed by atoms with van der Waals surface area (Å²) in [6.45, 7) is 1.29. The van der Waals surface area contributed by atoms with E-state index >= 15 is 0 Å². The van der Waals surface area contributed by atoms with Crippen molar-refractivity contribution >= 4 is 34.8 Å². The average Bonchev–Trinajstić information content (AvgIpc) is 3.10. The number of halogens is 1. The molecule has 0 aliphatic carbocycles. The molecule has 1 fully saturated rings. The first-order chi connectivity index (χ1) is 14.3. The number of non-ortho nitro benzene ring substituents is 1. The molecule has 2 aromatic carbocycles. The number of hydrogen-bond acceptors (Lipinski definition) is 6. The van der Waals surface area contributed by atoms with Crippen LogP contribution in [0.4, 0.5) is 21.5 Å². The first kappa shape index (κ1) is 20.9. The van der Waals surface area contributed by atoms with E-state index in [1.165, 1.54) is 54.3 Å². The lowest BCUT2D eigenvalue weighted by Crippen LogP contribution is -2.33. The molecule has 1 saturated heterocycles. The Hall–Kier alpha value is -3.82. The maximum absolute atomic E-state index is 13.9. The van der Waals surface area contributed by atoms with Gasteiger partial charge in [0.15, 0.2) is 6.10 Å². The zero-order chi connectivity index (χ0) is 21.8. The summed E-state index contributed by atoms with van der Waals surface area (Å²) < 4.78 is 19.1. The van der Waals surface area contributed by atoms with Gasteiger partial charge in [-0.2, -0.15) is 0 Å². The second kappa shape index (κ2) is 8.68. The van der Waals surface area contributed by atoms with E-state index in [1.807, 2.05) is 0 Å². The van der Waals surface area contributed by atoms with E-state index in [1.54, 1.807) is 6.07 Å². The minimum Gasteiger partial charge on any atom is -0.452 e. The molecule has 0 saturated carbocycles. The third kappa shape index (κ3) is 4.59. The van der Waals surface area contributed by atoms with E-state index in [-0.39, 0.29) is 30.0 Å². The highest BCUT2D eigenvalue weighted by atomic mass is 19.1. The quantitative estimate of drug-likeness (QED) is 0.440. The molecule has 1 aliphatic heterocycles. The summed E-state index contributed by atoms with van der Waals surface area (Å²) in [4.78, 5) is 48.2. The minimum atomic E-state index is -1.20. The molecule has 3 rings (SSSR count). The Kier molecular flexibility index (Phi) is 6.05. The molecular weight excluding hydrogens is 397 g/mol. The predicted molar refractivity (Wildman–Crippen MR) is 104 cm³/mol. The van der Waals surface area contributed by atoms with Gasteiger partial charge >= 0.3 is 5.97 Å². The summed E-state index contributed by atoms with van der Waals surface area (Å²) >= 11 is 0. The summed E-state index contributed by atoms with van der Waals surface area (Å²) in [6.07, 6.45) is -1.36. The summed E-state index contributed by atoms with van der Waals surface area (Å²) in [5.74, 6) is -3.28. The molecule has 10 heteroatoms. The third-order valence-electron chi connectivity index (χ3n) is 4.59. The zero-order valence-corrected chi connectivity index (χ0v) is 15.9. The SMILES string of the molecule is C[C@@H](OC(=O)[C@H]1CC(=O)N(c2ccccc2F)C1)C(=O)Nc1cccc([N+](=O)[O-])c1. The highest BCUT2D eigenvalue weighted by Gasteiger charge is 2.38. The molecule has 1 N–H and O–H groups in total. The number of para-hydroxylation sites is 1. The van der Waals surface area contributed by atoms with E-state index in [0.29, 0.717) is 0 Å². The number of nitro groups is 1. The average molecular weight is 415 g/mol. The zero-order valence-electron chi connectivity index (χ0n) is 15.9. The van der Waals surface area contributed by atoms with Gasteiger partial charge in [-0.15, -0.1) is 0 Å². The van der Waals surface area contributed by atoms with Gasteiger partial charge in [0.1, 0.15) is 5.82 Å². The van der Waals surface area contributed by atoms with Gasteiger partial charge in [-0.05, 0) is 25.1 Å². The second-order valence-corrected chi connectivity index (χ2v) is 6.73. The smallest absolute Gasteiger partial charge is 0.312 e. The molecule has 2 amide bonds. The molecule has 0 spiro atoms. The Bertz CT molecular complexity index is 1010. The molecular formula is C20H18FN3O6. The van der Waals surface area contributed by atoms with E-state index in [2.05, 4.69) is 5.32 Å². The van der Waals surface area contributed by atoms with Crippen LogP contribution in [0.1, 0.15) is 13.3 Å². The van der Waals surface area contributed by atoms with Crippen molar-refractivity contribution in [3.8, 4) is 0 Å². The fourth-order valence-corrected chi connectivity index (χ4v) is 3.03. The van der Waals surface area contributed by atoms with Crippen LogP contribution in [-0.2, 0) is 19.1 Å². The summed E-state index contributed by atoms with van der Waals surface area (Å²) in [5.41, 5.74) is 0.0586. The standard InChI is InChI=1S/C20H18FN3O6/c1-12(19(26)22-14-5-4-6-15(10-14)24(28)29)30-20(27)13-9-18(25)23(11-13)17-8-3-2-7-16(17)21/h2-8,10,12-13H,9,11H2,1H3,(H,22,26)/t12-,13+/m1/s1. The number of amides is 2. The van der Waals surface area contributed by atoms with Crippen LogP contribution >= 0.6 is 0 Å². The largest absolute Gasteiger partial charge is 0.452 e. The van der Waals surface area contributed by atoms with E-state index in [0.717, 1.165) is 0 Å². The maximum Gasteiger partial charge on any atom is 0.312 e. The van der Waals surface area contributed by atoms with Crippen LogP contribution in [0.25, 0.3) is 0 Å². The molecule has 0 radical (unpaired) electrons. The molecule has 0 aromatic heterocycles. The molecule has 1 aliphatic rings. The van der Waals surface area contributed by atoms with Crippen molar-refractivity contribution < 1.29 is 28.4 Å². The number of carbonyl (C=O) groups is 3. The number of ether oxygens (including phenoxy) is 1. The lowest BCUT2D eigenvalue weighted by atomic mass is 10.1. The number of rotatable bonds is 6. The lowest BCUT2D eigenvalue weighted by molar-refractivity contribution is -0.384. The van der Waals surface area contributed by atoms with Gasteiger partial charge in [-0.25, -0.2) is 4.39 Å². The molecule has 2 aromatic rings. The van der Waals surface area contributed by atoms with Crippen LogP contribution in [0.3, 0.4) is 0 Å². The van der Waals surface area contributed by atoms with Gasteiger partial charge in [-0.1, -0.05) is 18.2 Å². The molecule has 156 valence electrons. The van der Waals surface area contributed by atoms with E-state index in [4.69, 9.17) is 4.74 Å². The second-order valence-electron chi connectivity index (χ2n) is 6.73. The number of carbonyl (C=O) groups excluding carboxylic acids is 3. The van der Waals surface area contributed by atoms with Crippen LogP contribution in [0.2, 0.25) is 0 Å². The number of hydrogen-bond donors (Lipinski definition) is 1. The number of benzene rings is 2. The van der Waals surface area contributed by atoms with E-state index < -0.39 is 40.5 Å². The molecule has 1 heterocycles. The van der Waals surface area contributed by atoms with Crippen LogP contribution in [-0.4, -0.2) is 35.4 Å². The first-order valence-electron chi connectivity index (χ1n) is 9.07. The van der Waals surface area contributed by atoms with Crippen LogP contribution in [0.15, 0.2) is 48.5 Å². The Labute approximate surface area is 170 Å². The van der Waals surface area contributed by atoms with Gasteiger partial charge in [0, 0.05) is 30.8 Å². The van der Waals surface area contributed by atoms with Gasteiger partial charge < -0.3 is 15.0 Å². The van der Waals surface area contributed by atoms with Gasteiger partial charge in [0.05, 0.1) is 16.5 Å². The van der Waals surface area contributed by atoms with Gasteiger partial charge in [0.25, 0.3) is 11.6 Å². The fourth-order valence-electron chi connectivity index (χ4n) is 3.03. The maximum atomic E-state index is 13.9. The molecule has 0 bridgehead atoms. The van der Waals surface area contributed by atoms with Crippen LogP contribution in [0, 0.1) is 21.8 Å². The fraction of sp³-hybridized carbons (Fsp3) is 0.250. The summed E-state index contributed by atoms with van der Waals surface area (Å²) in [6, 6.07) is 11.0. The number of nitrogens with zero attached hydrogens (tertiary/aromatic N) is 2. The Balaban J connectivity index is 1.59. The van der Waals surface area contributed by atoms with Crippen molar-refractivity contribution in [2.24, 2.45) is 5.92 Å². The Morgan fingerprint density at radius 3 is 2.70 bits per heavy atom. The number of nitro benzene ring substituents is 1. The van der Waals surface area contributed by atoms with Crippen molar-refractivity contribution in [1.82, 2.24) is 0 Å². The van der Waals surface area contributed by atoms with E-state index in [9.17, 15) is 28.9 Å². The van der Waals surface area contributed by atoms with Gasteiger partial charge in [0.2, 0.25) is 5.91 Å². The Morgan fingerprint density at radius 1 is 1.27 bits per heavy atom. The molecule has 9 nitrogen and oxygen atoms in total. The van der Waals surface area contributed by atoms with Gasteiger partial charge in [-0.3, -0.25) is 24.5 Å². The van der Waals surface area contributed by atoms with Crippen molar-refractivity contribution in [2.75, 3.05) is 16.8 Å². The number of esters is 1. The summed E-state index contributed by atoms with van der Waals surface area (Å²) in [7, 11) is 0. The van der Waals surface area contributed by atoms with Crippen molar-refractivity contribution in [2.45, 2.75) is 19.4 Å². The van der Waals surface area contributed by atoms with Crippen molar-refractivity contribution in [3.63, 3.8) is 0 Å². The molecule has 2 atom stereocenters. The highest BCUT2D eigenvalue weighted by molar-refractivity contribution is 6.00. The molecule has 30 heavy (non-hydrogen) atoms.